The third kappa shape index (κ3) is 3.68. The molecule has 2 nitrogen and oxygen atoms in total. The van der Waals surface area contributed by atoms with E-state index in [1.54, 1.807) is 0 Å². The maximum atomic E-state index is 13.3. The van der Waals surface area contributed by atoms with Gasteiger partial charge in [-0.05, 0) is 30.7 Å². The van der Waals surface area contributed by atoms with E-state index < -0.39 is 29.3 Å². The first-order valence-corrected chi connectivity index (χ1v) is 5.74. The third-order valence-corrected chi connectivity index (χ3v) is 3.05. The van der Waals surface area contributed by atoms with E-state index in [0.717, 1.165) is 17.0 Å². The lowest BCUT2D eigenvalue weighted by Crippen LogP contribution is -2.22. The normalized spacial score (nSPS) is 14.0. The summed E-state index contributed by atoms with van der Waals surface area (Å²) in [6.07, 6.45) is -4.30. The second-order valence-electron chi connectivity index (χ2n) is 4.68. The van der Waals surface area contributed by atoms with E-state index in [0.29, 0.717) is 19.4 Å². The molecule has 1 aromatic carbocycles. The van der Waals surface area contributed by atoms with Crippen LogP contribution in [-0.2, 0) is 16.9 Å². The Morgan fingerprint density at radius 3 is 2.00 bits per heavy atom. The largest absolute Gasteiger partial charge is 0.416 e. The number of nitrogens with zero attached hydrogens (tertiary/aromatic N) is 1. The van der Waals surface area contributed by atoms with Gasteiger partial charge < -0.3 is 4.90 Å². The monoisotopic (exact) mass is 295 g/mol. The van der Waals surface area contributed by atoms with Crippen LogP contribution in [0.1, 0.15) is 36.6 Å². The van der Waals surface area contributed by atoms with E-state index in [4.69, 9.17) is 0 Å². The van der Waals surface area contributed by atoms with Gasteiger partial charge in [-0.3, -0.25) is 4.79 Å². The first-order valence-electron chi connectivity index (χ1n) is 5.74. The third-order valence-electron chi connectivity index (χ3n) is 3.05. The van der Waals surface area contributed by atoms with Gasteiger partial charge in [0, 0.05) is 19.5 Å². The highest BCUT2D eigenvalue weighted by molar-refractivity contribution is 5.48. The Morgan fingerprint density at radius 2 is 1.60 bits per heavy atom. The van der Waals surface area contributed by atoms with E-state index in [9.17, 15) is 26.7 Å². The van der Waals surface area contributed by atoms with E-state index >= 15 is 0 Å². The van der Waals surface area contributed by atoms with Crippen molar-refractivity contribution < 1.29 is 26.7 Å². The minimum atomic E-state index is -4.73. The molecule has 0 aliphatic heterocycles. The van der Waals surface area contributed by atoms with Gasteiger partial charge in [0.25, 0.3) is 5.92 Å². The summed E-state index contributed by atoms with van der Waals surface area (Å²) in [5, 5.41) is 0. The maximum Gasteiger partial charge on any atom is 0.416 e. The lowest BCUT2D eigenvalue weighted by molar-refractivity contribution is -0.137. The highest BCUT2D eigenvalue weighted by Crippen LogP contribution is 2.37. The van der Waals surface area contributed by atoms with Crippen molar-refractivity contribution in [3.63, 3.8) is 0 Å². The zero-order chi connectivity index (χ0) is 15.7. The van der Waals surface area contributed by atoms with Gasteiger partial charge in [-0.2, -0.15) is 13.2 Å². The maximum absolute atomic E-state index is 13.3. The molecule has 0 heterocycles. The molecule has 0 bridgehead atoms. The van der Waals surface area contributed by atoms with Crippen LogP contribution in [0.4, 0.5) is 22.0 Å². The molecule has 0 fully saturated rings. The van der Waals surface area contributed by atoms with Crippen molar-refractivity contribution in [3.05, 3.63) is 34.9 Å². The lowest BCUT2D eigenvalue weighted by atomic mass is 9.97. The van der Waals surface area contributed by atoms with Crippen LogP contribution in [0.5, 0.6) is 0 Å². The smallest absolute Gasteiger partial charge is 0.342 e. The van der Waals surface area contributed by atoms with Crippen molar-refractivity contribution in [2.45, 2.75) is 32.0 Å². The van der Waals surface area contributed by atoms with Crippen LogP contribution in [-0.4, -0.2) is 18.4 Å². The number of carbonyl (C=O) groups is 1. The molecule has 0 N–H and O–H groups in total. The van der Waals surface area contributed by atoms with Crippen LogP contribution < -0.4 is 0 Å². The molecule has 0 unspecified atom stereocenters. The van der Waals surface area contributed by atoms with Crippen molar-refractivity contribution in [2.24, 2.45) is 0 Å². The van der Waals surface area contributed by atoms with Crippen LogP contribution in [0, 0.1) is 0 Å². The number of benzene rings is 1. The Morgan fingerprint density at radius 1 is 1.10 bits per heavy atom. The number of rotatable bonds is 4. The summed E-state index contributed by atoms with van der Waals surface area (Å²) < 4.78 is 64.9. The zero-order valence-electron chi connectivity index (χ0n) is 11.1. The number of hydrogen-bond donors (Lipinski definition) is 0. The Hall–Kier alpha value is -1.66. The fourth-order valence-corrected chi connectivity index (χ4v) is 1.64. The minimum Gasteiger partial charge on any atom is -0.342 e. The number of alkyl halides is 5. The predicted octanol–water partition coefficient (Wildman–Crippen LogP) is 3.97. The molecule has 0 radical (unpaired) electrons. The van der Waals surface area contributed by atoms with Gasteiger partial charge in [-0.25, -0.2) is 8.78 Å². The van der Waals surface area contributed by atoms with Crippen LogP contribution in [0.2, 0.25) is 0 Å². The molecule has 112 valence electrons. The van der Waals surface area contributed by atoms with Crippen molar-refractivity contribution in [1.29, 1.82) is 0 Å². The minimum absolute atomic E-state index is 0.00551. The Bertz CT molecular complexity index is 460. The molecule has 0 aliphatic rings. The van der Waals surface area contributed by atoms with Crippen molar-refractivity contribution in [1.82, 2.24) is 4.90 Å². The number of amides is 1. The molecule has 20 heavy (non-hydrogen) atoms. The van der Waals surface area contributed by atoms with Gasteiger partial charge >= 0.3 is 6.18 Å². The first kappa shape index (κ1) is 16.4. The molecule has 0 aromatic heterocycles. The summed E-state index contributed by atoms with van der Waals surface area (Å²) in [5.74, 6) is -3.39. The molecule has 1 rings (SSSR count). The molecule has 0 saturated carbocycles. The van der Waals surface area contributed by atoms with E-state index in [1.165, 1.54) is 14.0 Å². The van der Waals surface area contributed by atoms with Gasteiger partial charge in [-0.15, -0.1) is 0 Å². The molecule has 0 aliphatic carbocycles. The van der Waals surface area contributed by atoms with E-state index in [1.807, 2.05) is 0 Å². The molecule has 1 atom stereocenters. The molecule has 0 spiro atoms. The van der Waals surface area contributed by atoms with Gasteiger partial charge in [0.05, 0.1) is 11.6 Å². The van der Waals surface area contributed by atoms with Crippen LogP contribution in [0.25, 0.3) is 0 Å². The van der Waals surface area contributed by atoms with Crippen molar-refractivity contribution >= 4 is 6.41 Å². The molecular weight excluding hydrogens is 281 g/mol. The summed E-state index contributed by atoms with van der Waals surface area (Å²) in [7, 11) is 1.36. The van der Waals surface area contributed by atoms with Gasteiger partial charge in [-0.1, -0.05) is 0 Å². The molecular formula is C13H14F5NO. The average molecular weight is 295 g/mol. The lowest BCUT2D eigenvalue weighted by Gasteiger charge is -2.23. The number of carbonyl (C=O) groups excluding carboxylic acids is 1. The van der Waals surface area contributed by atoms with Crippen LogP contribution >= 0.6 is 0 Å². The van der Waals surface area contributed by atoms with E-state index in [-0.39, 0.29) is 5.56 Å². The number of hydrogen-bond acceptors (Lipinski definition) is 1. The first-order chi connectivity index (χ1) is 8.96. The molecule has 7 heteroatoms. The van der Waals surface area contributed by atoms with Crippen LogP contribution in [0.15, 0.2) is 18.2 Å². The quantitative estimate of drug-likeness (QED) is 0.608. The fourth-order valence-electron chi connectivity index (χ4n) is 1.64. The van der Waals surface area contributed by atoms with Gasteiger partial charge in [0.2, 0.25) is 6.41 Å². The second kappa shape index (κ2) is 5.38. The van der Waals surface area contributed by atoms with Crippen molar-refractivity contribution in [3.8, 4) is 0 Å². The summed E-state index contributed by atoms with van der Waals surface area (Å²) in [6.45, 7) is 1.99. The summed E-state index contributed by atoms with van der Waals surface area (Å²) >= 11 is 0. The molecule has 0 saturated heterocycles. The SMILES string of the molecule is C[C@H](c1cc(C(C)(F)F)cc(C(F)(F)F)c1)N(C)C=O. The topological polar surface area (TPSA) is 20.3 Å². The Labute approximate surface area is 113 Å². The molecule has 1 aromatic rings. The number of halogens is 5. The fraction of sp³-hybridized carbons (Fsp3) is 0.462. The molecule has 1 amide bonds. The summed E-state index contributed by atoms with van der Waals surface area (Å²) in [5.41, 5.74) is -1.88. The standard InChI is InChI=1S/C13H14F5NO/c1-8(19(3)7-20)9-4-10(12(2,14)15)6-11(5-9)13(16,17)18/h4-8H,1-3H3/t8-/m1/s1. The van der Waals surface area contributed by atoms with Crippen molar-refractivity contribution in [2.75, 3.05) is 7.05 Å². The predicted molar refractivity (Wildman–Crippen MR) is 63.3 cm³/mol. The highest BCUT2D eigenvalue weighted by atomic mass is 19.4. The Balaban J connectivity index is 3.42. The highest BCUT2D eigenvalue weighted by Gasteiger charge is 2.35. The average Bonchev–Trinajstić information content (AvgIpc) is 2.34. The van der Waals surface area contributed by atoms with Gasteiger partial charge in [0.15, 0.2) is 0 Å². The second-order valence-corrected chi connectivity index (χ2v) is 4.68. The van der Waals surface area contributed by atoms with Crippen LogP contribution in [0.3, 0.4) is 0 Å². The summed E-state index contributed by atoms with van der Waals surface area (Å²) in [4.78, 5) is 11.7. The zero-order valence-corrected chi connectivity index (χ0v) is 11.1. The van der Waals surface area contributed by atoms with E-state index in [2.05, 4.69) is 0 Å². The van der Waals surface area contributed by atoms with Gasteiger partial charge in [0.1, 0.15) is 0 Å². The summed E-state index contributed by atoms with van der Waals surface area (Å²) in [6, 6.07) is 1.45. The Kier molecular flexibility index (Phi) is 4.41.